The van der Waals surface area contributed by atoms with Crippen LogP contribution in [0.5, 0.6) is 0 Å². The van der Waals surface area contributed by atoms with Crippen molar-refractivity contribution in [2.24, 2.45) is 5.41 Å². The van der Waals surface area contributed by atoms with E-state index in [4.69, 9.17) is 5.73 Å². The molecule has 1 aromatic carbocycles. The Morgan fingerprint density at radius 2 is 2.00 bits per heavy atom. The second-order valence-electron chi connectivity index (χ2n) is 5.59. The van der Waals surface area contributed by atoms with Crippen LogP contribution in [0, 0.1) is 5.41 Å². The average molecular weight is 220 g/mol. The van der Waals surface area contributed by atoms with Crippen LogP contribution in [0.1, 0.15) is 32.8 Å². The maximum absolute atomic E-state index is 5.73. The molecule has 0 saturated carbocycles. The number of hydrogen-bond donors (Lipinski definition) is 2. The fourth-order valence-electron chi connectivity index (χ4n) is 1.63. The minimum absolute atomic E-state index is 0.372. The molecule has 0 unspecified atom stereocenters. The Morgan fingerprint density at radius 1 is 1.25 bits per heavy atom. The maximum atomic E-state index is 5.73. The van der Waals surface area contributed by atoms with Gasteiger partial charge in [-0.1, -0.05) is 32.9 Å². The molecule has 0 aliphatic heterocycles. The maximum Gasteiger partial charge on any atom is 0.0316 e. The molecule has 0 bridgehead atoms. The van der Waals surface area contributed by atoms with E-state index in [-0.39, 0.29) is 0 Å². The second kappa shape index (κ2) is 5.90. The summed E-state index contributed by atoms with van der Waals surface area (Å²) in [4.78, 5) is 0. The van der Waals surface area contributed by atoms with Crippen LogP contribution in [0.25, 0.3) is 0 Å². The Morgan fingerprint density at radius 3 is 2.62 bits per heavy atom. The Kier molecular flexibility index (Phi) is 4.81. The van der Waals surface area contributed by atoms with Crippen molar-refractivity contribution in [1.29, 1.82) is 0 Å². The third kappa shape index (κ3) is 5.76. The Labute approximate surface area is 99.2 Å². The Balaban J connectivity index is 2.17. The molecule has 0 aliphatic rings. The topological polar surface area (TPSA) is 38.0 Å². The van der Waals surface area contributed by atoms with Crippen LogP contribution in [0.4, 0.5) is 5.69 Å². The molecule has 2 heteroatoms. The first-order valence-corrected chi connectivity index (χ1v) is 6.02. The van der Waals surface area contributed by atoms with Crippen molar-refractivity contribution < 1.29 is 0 Å². The average Bonchev–Trinajstić information content (AvgIpc) is 2.15. The molecule has 16 heavy (non-hydrogen) atoms. The zero-order valence-electron chi connectivity index (χ0n) is 10.7. The van der Waals surface area contributed by atoms with Crippen molar-refractivity contribution in [2.75, 3.05) is 18.8 Å². The van der Waals surface area contributed by atoms with Gasteiger partial charge in [0, 0.05) is 5.69 Å². The molecule has 2 nitrogen and oxygen atoms in total. The molecule has 0 aromatic heterocycles. The third-order valence-electron chi connectivity index (χ3n) is 2.43. The van der Waals surface area contributed by atoms with Gasteiger partial charge in [-0.25, -0.2) is 0 Å². The van der Waals surface area contributed by atoms with Gasteiger partial charge < -0.3 is 11.1 Å². The monoisotopic (exact) mass is 220 g/mol. The molecular formula is C14H24N2. The molecule has 0 aliphatic carbocycles. The van der Waals surface area contributed by atoms with Gasteiger partial charge in [0.05, 0.1) is 0 Å². The van der Waals surface area contributed by atoms with E-state index >= 15 is 0 Å². The van der Waals surface area contributed by atoms with E-state index in [0.29, 0.717) is 5.41 Å². The molecule has 0 heterocycles. The summed E-state index contributed by atoms with van der Waals surface area (Å²) in [6.45, 7) is 8.89. The summed E-state index contributed by atoms with van der Waals surface area (Å²) in [6.07, 6.45) is 2.27. The van der Waals surface area contributed by atoms with Crippen molar-refractivity contribution in [3.63, 3.8) is 0 Å². The standard InChI is InChI=1S/C14H24N2/c1-14(2,3)11-16-9-5-7-12-6-4-8-13(15)10-12/h4,6,8,10,16H,5,7,9,11,15H2,1-3H3. The van der Waals surface area contributed by atoms with Gasteiger partial charge >= 0.3 is 0 Å². The summed E-state index contributed by atoms with van der Waals surface area (Å²) < 4.78 is 0. The molecule has 1 aromatic rings. The highest BCUT2D eigenvalue weighted by Crippen LogP contribution is 2.11. The third-order valence-corrected chi connectivity index (χ3v) is 2.43. The number of hydrogen-bond acceptors (Lipinski definition) is 2. The van der Waals surface area contributed by atoms with Gasteiger partial charge in [-0.3, -0.25) is 0 Å². The van der Waals surface area contributed by atoms with Gasteiger partial charge in [0.15, 0.2) is 0 Å². The highest BCUT2D eigenvalue weighted by Gasteiger charge is 2.08. The molecule has 1 rings (SSSR count). The first-order valence-electron chi connectivity index (χ1n) is 6.02. The van der Waals surface area contributed by atoms with Crippen LogP contribution >= 0.6 is 0 Å². The van der Waals surface area contributed by atoms with E-state index in [0.717, 1.165) is 25.2 Å². The summed E-state index contributed by atoms with van der Waals surface area (Å²) in [7, 11) is 0. The van der Waals surface area contributed by atoms with E-state index in [1.54, 1.807) is 0 Å². The van der Waals surface area contributed by atoms with Crippen LogP contribution in [0.3, 0.4) is 0 Å². The van der Waals surface area contributed by atoms with Crippen molar-refractivity contribution in [1.82, 2.24) is 5.32 Å². The van der Waals surface area contributed by atoms with Gasteiger partial charge in [-0.15, -0.1) is 0 Å². The van der Waals surface area contributed by atoms with Crippen LogP contribution in [-0.4, -0.2) is 13.1 Å². The molecule has 0 fully saturated rings. The molecule has 0 radical (unpaired) electrons. The smallest absolute Gasteiger partial charge is 0.0316 e. The normalized spacial score (nSPS) is 11.7. The highest BCUT2D eigenvalue weighted by molar-refractivity contribution is 5.40. The second-order valence-corrected chi connectivity index (χ2v) is 5.59. The largest absolute Gasteiger partial charge is 0.399 e. The lowest BCUT2D eigenvalue weighted by molar-refractivity contribution is 0.379. The van der Waals surface area contributed by atoms with Crippen molar-refractivity contribution in [3.8, 4) is 0 Å². The number of nitrogens with one attached hydrogen (secondary N) is 1. The highest BCUT2D eigenvalue weighted by atomic mass is 14.9. The number of aryl methyl sites for hydroxylation is 1. The Bertz CT molecular complexity index is 313. The molecular weight excluding hydrogens is 196 g/mol. The summed E-state index contributed by atoms with van der Waals surface area (Å²) in [5.74, 6) is 0. The van der Waals surface area contributed by atoms with Crippen LogP contribution in [-0.2, 0) is 6.42 Å². The van der Waals surface area contributed by atoms with Gasteiger partial charge in [0.25, 0.3) is 0 Å². The zero-order chi connectivity index (χ0) is 12.0. The molecule has 0 spiro atoms. The van der Waals surface area contributed by atoms with Crippen LogP contribution in [0.2, 0.25) is 0 Å². The Hall–Kier alpha value is -1.02. The molecule has 3 N–H and O–H groups in total. The number of nitrogen functional groups attached to an aromatic ring is 1. The zero-order valence-corrected chi connectivity index (χ0v) is 10.7. The number of benzene rings is 1. The summed E-state index contributed by atoms with van der Waals surface area (Å²) in [6, 6.07) is 8.15. The molecule has 0 saturated heterocycles. The van der Waals surface area contributed by atoms with Gasteiger partial charge in [0.2, 0.25) is 0 Å². The molecule has 0 amide bonds. The van der Waals surface area contributed by atoms with E-state index in [1.165, 1.54) is 12.0 Å². The lowest BCUT2D eigenvalue weighted by atomic mass is 9.97. The van der Waals surface area contributed by atoms with Gasteiger partial charge in [-0.05, 0) is 49.0 Å². The number of nitrogens with two attached hydrogens (primary N) is 1. The van der Waals surface area contributed by atoms with E-state index in [1.807, 2.05) is 12.1 Å². The van der Waals surface area contributed by atoms with Gasteiger partial charge in [0.1, 0.15) is 0 Å². The lowest BCUT2D eigenvalue weighted by Gasteiger charge is -2.18. The van der Waals surface area contributed by atoms with E-state index in [2.05, 4.69) is 38.2 Å². The fourth-order valence-corrected chi connectivity index (χ4v) is 1.63. The number of rotatable bonds is 5. The lowest BCUT2D eigenvalue weighted by Crippen LogP contribution is -2.27. The van der Waals surface area contributed by atoms with Crippen molar-refractivity contribution in [2.45, 2.75) is 33.6 Å². The van der Waals surface area contributed by atoms with Gasteiger partial charge in [-0.2, -0.15) is 0 Å². The van der Waals surface area contributed by atoms with E-state index in [9.17, 15) is 0 Å². The fraction of sp³-hybridized carbons (Fsp3) is 0.571. The molecule has 90 valence electrons. The SMILES string of the molecule is CC(C)(C)CNCCCc1cccc(N)c1. The quantitative estimate of drug-likeness (QED) is 0.591. The summed E-state index contributed by atoms with van der Waals surface area (Å²) in [5.41, 5.74) is 8.29. The van der Waals surface area contributed by atoms with Crippen LogP contribution < -0.4 is 11.1 Å². The predicted molar refractivity (Wildman–Crippen MR) is 71.5 cm³/mol. The first kappa shape index (κ1) is 13.0. The minimum atomic E-state index is 0.372. The molecule has 0 atom stereocenters. The van der Waals surface area contributed by atoms with Crippen molar-refractivity contribution >= 4 is 5.69 Å². The summed E-state index contributed by atoms with van der Waals surface area (Å²) in [5, 5.41) is 3.48. The number of anilines is 1. The van der Waals surface area contributed by atoms with Crippen molar-refractivity contribution in [3.05, 3.63) is 29.8 Å². The van der Waals surface area contributed by atoms with Crippen LogP contribution in [0.15, 0.2) is 24.3 Å². The predicted octanol–water partition coefficient (Wildman–Crippen LogP) is 2.84. The summed E-state index contributed by atoms with van der Waals surface area (Å²) >= 11 is 0. The minimum Gasteiger partial charge on any atom is -0.399 e. The van der Waals surface area contributed by atoms with E-state index < -0.39 is 0 Å². The first-order chi connectivity index (χ1) is 7.47.